The summed E-state index contributed by atoms with van der Waals surface area (Å²) < 4.78 is 13.1. The van der Waals surface area contributed by atoms with Crippen LogP contribution in [-0.2, 0) is 31.0 Å². The molecule has 3 fully saturated rings. The number of aliphatic hydroxyl groups excluding tert-OH is 2. The van der Waals surface area contributed by atoms with Crippen LogP contribution < -0.4 is 4.74 Å². The highest BCUT2D eigenvalue weighted by Crippen LogP contribution is 2.67. The Hall–Kier alpha value is -4.53. The van der Waals surface area contributed by atoms with E-state index in [1.807, 2.05) is 6.07 Å². The van der Waals surface area contributed by atoms with Gasteiger partial charge in [-0.05, 0) is 74.8 Å². The van der Waals surface area contributed by atoms with E-state index >= 15 is 0 Å². The monoisotopic (exact) mass is 664 g/mol. The van der Waals surface area contributed by atoms with Crippen molar-refractivity contribution in [2.24, 2.45) is 5.92 Å². The number of likely N-dealkylation sites (tertiary alicyclic amines) is 1. The van der Waals surface area contributed by atoms with Crippen LogP contribution in [0.15, 0.2) is 36.4 Å². The molecule has 7 atom stereocenters. The fourth-order valence-electron chi connectivity index (χ4n) is 8.93. The van der Waals surface area contributed by atoms with Gasteiger partial charge in [0.2, 0.25) is 0 Å². The summed E-state index contributed by atoms with van der Waals surface area (Å²) in [5, 5.41) is 43.5. The predicted octanol–water partition coefficient (Wildman–Crippen LogP) is 1.07. The van der Waals surface area contributed by atoms with Crippen molar-refractivity contribution in [3.8, 4) is 11.5 Å². The van der Waals surface area contributed by atoms with Crippen molar-refractivity contribution in [1.82, 2.24) is 9.80 Å². The average molecular weight is 665 g/mol. The van der Waals surface area contributed by atoms with E-state index < -0.39 is 47.3 Å². The minimum atomic E-state index is -2.27. The number of aromatic hydroxyl groups is 1. The Morgan fingerprint density at radius 3 is 2.15 bits per heavy atom. The molecule has 6 aliphatic rings. The standard InChI is InChI=1S/C30H30N2O6.C4H6O6/c1-16(33)38-30-11-10-21(32-27(35)19-4-2-3-5-20(19)28(32)36)26-29(30)12-13-31(15-17-6-7-17)23(30)14-18-8-9-22(34)25(37-26)24(18)29;5-1(3(7)8)2(6)4(9)10/h2-5,8-9,17,21,23,26,34H,6-7,10-15H2,1H3;1-2,5-6H,(H,7,8)(H,9,10)/t21-,23-,26+,29+,30-;/m1./s1. The number of phenolic OH excluding ortho intramolecular Hbond substituents is 1. The van der Waals surface area contributed by atoms with Gasteiger partial charge in [-0.15, -0.1) is 0 Å². The molecule has 5 N–H and O–H groups in total. The first-order valence-electron chi connectivity index (χ1n) is 16.1. The number of carbonyl (C=O) groups excluding carboxylic acids is 3. The van der Waals surface area contributed by atoms with Crippen molar-refractivity contribution >= 4 is 29.7 Å². The van der Waals surface area contributed by atoms with Crippen LogP contribution in [0.5, 0.6) is 11.5 Å². The first kappa shape index (κ1) is 32.0. The molecule has 3 aliphatic heterocycles. The molecule has 0 radical (unpaired) electrons. The molecule has 48 heavy (non-hydrogen) atoms. The van der Waals surface area contributed by atoms with Crippen LogP contribution in [0.2, 0.25) is 0 Å². The van der Waals surface area contributed by atoms with Gasteiger partial charge >= 0.3 is 17.9 Å². The molecule has 3 heterocycles. The topological polar surface area (TPSA) is 211 Å². The first-order chi connectivity index (χ1) is 22.8. The van der Waals surface area contributed by atoms with Crippen LogP contribution >= 0.6 is 0 Å². The number of hydrogen-bond acceptors (Lipinski definition) is 11. The van der Waals surface area contributed by atoms with E-state index in [4.69, 9.17) is 29.9 Å². The third-order valence-corrected chi connectivity index (χ3v) is 11.0. The van der Waals surface area contributed by atoms with E-state index in [-0.39, 0.29) is 29.6 Å². The largest absolute Gasteiger partial charge is 0.504 e. The highest BCUT2D eigenvalue weighted by molar-refractivity contribution is 6.21. The highest BCUT2D eigenvalue weighted by atomic mass is 16.6. The second-order valence-electron chi connectivity index (χ2n) is 13.5. The van der Waals surface area contributed by atoms with Gasteiger partial charge in [0.1, 0.15) is 11.7 Å². The van der Waals surface area contributed by atoms with E-state index in [9.17, 15) is 29.1 Å². The Kier molecular flexibility index (Phi) is 7.53. The Morgan fingerprint density at radius 2 is 1.58 bits per heavy atom. The van der Waals surface area contributed by atoms with Gasteiger partial charge < -0.3 is 35.0 Å². The SMILES string of the molecule is CC(=O)O[C@@]12CC[C@@H](N3C(=O)c4ccccc4C3=O)[C@@H]3Oc4c(O)ccc5c4[C@@]31CCN(CC1CC1)[C@@H]2C5.O=C(O)C(O)C(O)C(=O)O. The summed E-state index contributed by atoms with van der Waals surface area (Å²) in [4.78, 5) is 63.4. The summed E-state index contributed by atoms with van der Waals surface area (Å²) in [5.41, 5.74) is 1.20. The van der Waals surface area contributed by atoms with E-state index in [0.717, 1.165) is 24.2 Å². The lowest BCUT2D eigenvalue weighted by atomic mass is 9.48. The summed E-state index contributed by atoms with van der Waals surface area (Å²) in [5.74, 6) is -3.35. The number of fused-ring (bicyclic) bond motifs is 1. The van der Waals surface area contributed by atoms with Crippen molar-refractivity contribution in [3.63, 3.8) is 0 Å². The normalized spacial score (nSPS) is 30.6. The van der Waals surface area contributed by atoms with Crippen LogP contribution in [0.1, 0.15) is 70.9 Å². The number of amides is 2. The number of phenols is 1. The Bertz CT molecular complexity index is 1690. The van der Waals surface area contributed by atoms with Crippen LogP contribution in [0, 0.1) is 5.92 Å². The molecule has 2 bridgehead atoms. The number of piperidine rings is 1. The van der Waals surface area contributed by atoms with Crippen LogP contribution in [-0.4, -0.2) is 114 Å². The van der Waals surface area contributed by atoms with Gasteiger partial charge in [-0.1, -0.05) is 18.2 Å². The highest BCUT2D eigenvalue weighted by Gasteiger charge is 2.76. The number of aliphatic carboxylic acids is 2. The summed E-state index contributed by atoms with van der Waals surface area (Å²) in [6.07, 6.45) is -0.335. The summed E-state index contributed by atoms with van der Waals surface area (Å²) in [7, 11) is 0. The smallest absolute Gasteiger partial charge is 0.335 e. The molecule has 254 valence electrons. The molecule has 14 nitrogen and oxygen atoms in total. The Balaban J connectivity index is 0.000000320. The van der Waals surface area contributed by atoms with Gasteiger partial charge in [0, 0.05) is 19.0 Å². The van der Waals surface area contributed by atoms with E-state index in [2.05, 4.69) is 4.90 Å². The van der Waals surface area contributed by atoms with Crippen molar-refractivity contribution in [2.45, 2.75) is 86.9 Å². The molecule has 2 amide bonds. The summed E-state index contributed by atoms with van der Waals surface area (Å²) in [6, 6.07) is 10.0. The molecular weight excluding hydrogens is 628 g/mol. The molecule has 3 aliphatic carbocycles. The quantitative estimate of drug-likeness (QED) is 0.207. The maximum absolute atomic E-state index is 13.6. The third kappa shape index (κ3) is 4.53. The van der Waals surface area contributed by atoms with Crippen LogP contribution in [0.4, 0.5) is 0 Å². The summed E-state index contributed by atoms with van der Waals surface area (Å²) >= 11 is 0. The van der Waals surface area contributed by atoms with Gasteiger partial charge in [-0.3, -0.25) is 24.2 Å². The van der Waals surface area contributed by atoms with Crippen LogP contribution in [0.25, 0.3) is 0 Å². The van der Waals surface area contributed by atoms with Gasteiger partial charge in [0.25, 0.3) is 11.8 Å². The first-order valence-corrected chi connectivity index (χ1v) is 16.1. The van der Waals surface area contributed by atoms with Gasteiger partial charge in [-0.25, -0.2) is 9.59 Å². The molecule has 2 aromatic carbocycles. The lowest BCUT2D eigenvalue weighted by Crippen LogP contribution is -2.79. The molecule has 0 aromatic heterocycles. The van der Waals surface area contributed by atoms with Gasteiger partial charge in [-0.2, -0.15) is 0 Å². The molecule has 1 saturated heterocycles. The number of carbonyl (C=O) groups is 5. The maximum atomic E-state index is 13.6. The number of esters is 1. The second-order valence-corrected chi connectivity index (χ2v) is 13.5. The number of nitrogens with zero attached hydrogens (tertiary/aromatic N) is 2. The lowest BCUT2D eigenvalue weighted by Gasteiger charge is -2.65. The van der Waals surface area contributed by atoms with Crippen molar-refractivity contribution in [2.75, 3.05) is 13.1 Å². The number of aliphatic hydroxyl groups is 2. The maximum Gasteiger partial charge on any atom is 0.335 e. The number of hydrogen-bond donors (Lipinski definition) is 5. The Labute approximate surface area is 274 Å². The molecule has 1 spiro atoms. The average Bonchev–Trinajstić information content (AvgIpc) is 3.74. The number of carboxylic acids is 2. The zero-order chi connectivity index (χ0) is 34.3. The molecule has 14 heteroatoms. The zero-order valence-corrected chi connectivity index (χ0v) is 26.1. The number of rotatable bonds is 7. The molecule has 2 aromatic rings. The number of ether oxygens (including phenoxy) is 2. The molecule has 2 unspecified atom stereocenters. The minimum Gasteiger partial charge on any atom is -0.504 e. The zero-order valence-electron chi connectivity index (χ0n) is 26.1. The van der Waals surface area contributed by atoms with Gasteiger partial charge in [0.05, 0.1) is 28.6 Å². The van der Waals surface area contributed by atoms with E-state index in [1.54, 1.807) is 30.3 Å². The van der Waals surface area contributed by atoms with Crippen molar-refractivity contribution < 1.29 is 59.0 Å². The molecule has 8 rings (SSSR count). The second kappa shape index (κ2) is 11.3. The number of imide groups is 1. The third-order valence-electron chi connectivity index (χ3n) is 11.0. The number of benzene rings is 2. The van der Waals surface area contributed by atoms with Crippen molar-refractivity contribution in [3.05, 3.63) is 58.7 Å². The number of carboxylic acid groups (broad SMARTS) is 2. The van der Waals surface area contributed by atoms with Crippen LogP contribution in [0.3, 0.4) is 0 Å². The fourth-order valence-corrected chi connectivity index (χ4v) is 8.93. The predicted molar refractivity (Wildman–Crippen MR) is 162 cm³/mol. The molecular formula is C34H36N2O12. The minimum absolute atomic E-state index is 0.0297. The van der Waals surface area contributed by atoms with Gasteiger partial charge in [0.15, 0.2) is 23.7 Å². The molecule has 2 saturated carbocycles. The fraction of sp³-hybridized carbons (Fsp3) is 0.500. The van der Waals surface area contributed by atoms with Crippen molar-refractivity contribution in [1.29, 1.82) is 0 Å². The van der Waals surface area contributed by atoms with E-state index in [0.29, 0.717) is 48.5 Å². The van der Waals surface area contributed by atoms with E-state index in [1.165, 1.54) is 24.7 Å². The Morgan fingerprint density at radius 1 is 0.958 bits per heavy atom. The summed E-state index contributed by atoms with van der Waals surface area (Å²) in [6.45, 7) is 3.26. The lowest BCUT2D eigenvalue weighted by molar-refractivity contribution is -0.221.